The molecule has 5 heteroatoms. The Morgan fingerprint density at radius 3 is 2.29 bits per heavy atom. The summed E-state index contributed by atoms with van der Waals surface area (Å²) < 4.78 is 29.1. The summed E-state index contributed by atoms with van der Waals surface area (Å²) in [5, 5.41) is 0. The van der Waals surface area contributed by atoms with E-state index in [2.05, 4.69) is 4.72 Å². The summed E-state index contributed by atoms with van der Waals surface area (Å²) >= 11 is 0. The smallest absolute Gasteiger partial charge is 0.229 e. The lowest BCUT2D eigenvalue weighted by molar-refractivity contribution is 0.185. The molecule has 78 valence electrons. The van der Waals surface area contributed by atoms with Crippen LogP contribution in [0.1, 0.15) is 5.56 Å². The molecule has 1 N–H and O–H groups in total. The van der Waals surface area contributed by atoms with E-state index >= 15 is 0 Å². The second kappa shape index (κ2) is 4.43. The van der Waals surface area contributed by atoms with Crippen molar-refractivity contribution in [3.05, 3.63) is 29.8 Å². The van der Waals surface area contributed by atoms with Gasteiger partial charge >= 0.3 is 0 Å². The molecule has 0 heterocycles. The van der Waals surface area contributed by atoms with Crippen LogP contribution < -0.4 is 4.72 Å². The average Bonchev–Trinajstić information content (AvgIpc) is 2.06. The Labute approximate surface area is 84.0 Å². The quantitative estimate of drug-likeness (QED) is 0.821. The Kier molecular flexibility index (Phi) is 3.49. The molecular formula is C9H13NO3S. The fourth-order valence-corrected chi connectivity index (χ4v) is 1.61. The molecule has 0 aliphatic rings. The highest BCUT2D eigenvalue weighted by molar-refractivity contribution is 7.92. The van der Waals surface area contributed by atoms with Crippen LogP contribution in [0.15, 0.2) is 24.3 Å². The zero-order chi connectivity index (χ0) is 10.6. The number of benzene rings is 1. The van der Waals surface area contributed by atoms with E-state index in [4.69, 9.17) is 4.74 Å². The van der Waals surface area contributed by atoms with E-state index in [9.17, 15) is 8.42 Å². The molecule has 0 aliphatic carbocycles. The molecule has 0 spiro atoms. The van der Waals surface area contributed by atoms with Gasteiger partial charge in [-0.25, -0.2) is 8.42 Å². The molecule has 4 nitrogen and oxygen atoms in total. The highest BCUT2D eigenvalue weighted by Crippen LogP contribution is 2.11. The third-order valence-corrected chi connectivity index (χ3v) is 2.17. The molecule has 0 saturated carbocycles. The van der Waals surface area contributed by atoms with Gasteiger partial charge in [-0.05, 0) is 17.7 Å². The second-order valence-corrected chi connectivity index (χ2v) is 4.75. The van der Waals surface area contributed by atoms with Crippen molar-refractivity contribution in [2.75, 3.05) is 18.1 Å². The highest BCUT2D eigenvalue weighted by atomic mass is 32.2. The summed E-state index contributed by atoms with van der Waals surface area (Å²) in [6.45, 7) is 0.527. The van der Waals surface area contributed by atoms with Gasteiger partial charge in [-0.3, -0.25) is 4.72 Å². The van der Waals surface area contributed by atoms with E-state index < -0.39 is 10.0 Å². The summed E-state index contributed by atoms with van der Waals surface area (Å²) in [6.07, 6.45) is 1.12. The average molecular weight is 215 g/mol. The van der Waals surface area contributed by atoms with E-state index in [0.29, 0.717) is 12.3 Å². The maximum absolute atomic E-state index is 10.9. The Morgan fingerprint density at radius 1 is 1.29 bits per heavy atom. The van der Waals surface area contributed by atoms with E-state index in [0.717, 1.165) is 11.8 Å². The number of ether oxygens (including phenoxy) is 1. The molecule has 0 bridgehead atoms. The van der Waals surface area contributed by atoms with Crippen LogP contribution in [0.2, 0.25) is 0 Å². The van der Waals surface area contributed by atoms with Crippen LogP contribution in [0.5, 0.6) is 0 Å². The Balaban J connectivity index is 2.74. The maximum Gasteiger partial charge on any atom is 0.229 e. The van der Waals surface area contributed by atoms with Gasteiger partial charge < -0.3 is 4.74 Å². The van der Waals surface area contributed by atoms with Crippen molar-refractivity contribution in [2.24, 2.45) is 0 Å². The SMILES string of the molecule is COCc1ccc(NS(C)(=O)=O)cc1. The highest BCUT2D eigenvalue weighted by Gasteiger charge is 2.00. The van der Waals surface area contributed by atoms with Gasteiger partial charge in [-0.15, -0.1) is 0 Å². The van der Waals surface area contributed by atoms with Crippen LogP contribution in [0.25, 0.3) is 0 Å². The molecule has 0 aromatic heterocycles. The third-order valence-electron chi connectivity index (χ3n) is 1.57. The van der Waals surface area contributed by atoms with Crippen LogP contribution >= 0.6 is 0 Å². The Morgan fingerprint density at radius 2 is 1.86 bits per heavy atom. The number of methoxy groups -OCH3 is 1. The first-order chi connectivity index (χ1) is 6.51. The lowest BCUT2D eigenvalue weighted by atomic mass is 10.2. The zero-order valence-electron chi connectivity index (χ0n) is 8.15. The molecular weight excluding hydrogens is 202 g/mol. The van der Waals surface area contributed by atoms with Crippen molar-refractivity contribution < 1.29 is 13.2 Å². The van der Waals surface area contributed by atoms with Crippen LogP contribution in [0.4, 0.5) is 5.69 Å². The molecule has 0 aliphatic heterocycles. The van der Waals surface area contributed by atoms with E-state index in [1.807, 2.05) is 12.1 Å². The van der Waals surface area contributed by atoms with Crippen molar-refractivity contribution in [1.29, 1.82) is 0 Å². The van der Waals surface area contributed by atoms with Gasteiger partial charge in [-0.1, -0.05) is 12.1 Å². The van der Waals surface area contributed by atoms with Gasteiger partial charge in [0.15, 0.2) is 0 Å². The van der Waals surface area contributed by atoms with Crippen LogP contribution in [-0.4, -0.2) is 21.8 Å². The first kappa shape index (κ1) is 11.0. The topological polar surface area (TPSA) is 55.4 Å². The summed E-state index contributed by atoms with van der Waals surface area (Å²) in [5.74, 6) is 0. The Hall–Kier alpha value is -1.07. The first-order valence-electron chi connectivity index (χ1n) is 4.07. The minimum atomic E-state index is -3.18. The van der Waals surface area contributed by atoms with Crippen LogP contribution in [0.3, 0.4) is 0 Å². The number of anilines is 1. The van der Waals surface area contributed by atoms with Crippen molar-refractivity contribution in [3.63, 3.8) is 0 Å². The Bertz CT molecular complexity index is 383. The molecule has 1 aromatic carbocycles. The van der Waals surface area contributed by atoms with Crippen molar-refractivity contribution in [3.8, 4) is 0 Å². The number of sulfonamides is 1. The number of hydrogen-bond donors (Lipinski definition) is 1. The largest absolute Gasteiger partial charge is 0.380 e. The van der Waals surface area contributed by atoms with E-state index in [1.165, 1.54) is 0 Å². The number of hydrogen-bond acceptors (Lipinski definition) is 3. The molecule has 0 fully saturated rings. The van der Waals surface area contributed by atoms with Crippen molar-refractivity contribution in [1.82, 2.24) is 0 Å². The molecule has 0 amide bonds. The van der Waals surface area contributed by atoms with Crippen molar-refractivity contribution >= 4 is 15.7 Å². The summed E-state index contributed by atoms with van der Waals surface area (Å²) in [5.41, 5.74) is 1.57. The monoisotopic (exact) mass is 215 g/mol. The fourth-order valence-electron chi connectivity index (χ4n) is 1.05. The van der Waals surface area contributed by atoms with Crippen LogP contribution in [0, 0.1) is 0 Å². The van der Waals surface area contributed by atoms with Crippen molar-refractivity contribution in [2.45, 2.75) is 6.61 Å². The maximum atomic E-state index is 10.9. The van der Waals surface area contributed by atoms with Gasteiger partial charge in [0, 0.05) is 12.8 Å². The van der Waals surface area contributed by atoms with Gasteiger partial charge in [0.2, 0.25) is 10.0 Å². The van der Waals surface area contributed by atoms with Gasteiger partial charge in [0.25, 0.3) is 0 Å². The minimum Gasteiger partial charge on any atom is -0.380 e. The van der Waals surface area contributed by atoms with Gasteiger partial charge in [0.1, 0.15) is 0 Å². The lowest BCUT2D eigenvalue weighted by Crippen LogP contribution is -2.09. The predicted molar refractivity (Wildman–Crippen MR) is 55.6 cm³/mol. The molecule has 0 saturated heterocycles. The molecule has 1 aromatic rings. The summed E-state index contributed by atoms with van der Waals surface area (Å²) in [7, 11) is -1.57. The fraction of sp³-hybridized carbons (Fsp3) is 0.333. The molecule has 0 radical (unpaired) electrons. The van der Waals surface area contributed by atoms with E-state index in [1.54, 1.807) is 19.2 Å². The molecule has 1 rings (SSSR count). The minimum absolute atomic E-state index is 0.527. The zero-order valence-corrected chi connectivity index (χ0v) is 8.97. The normalized spacial score (nSPS) is 11.3. The summed E-state index contributed by atoms with van der Waals surface area (Å²) in [4.78, 5) is 0. The number of rotatable bonds is 4. The number of nitrogens with one attached hydrogen (secondary N) is 1. The third kappa shape index (κ3) is 3.76. The van der Waals surface area contributed by atoms with E-state index in [-0.39, 0.29) is 0 Å². The second-order valence-electron chi connectivity index (χ2n) is 3.00. The summed E-state index contributed by atoms with van der Waals surface area (Å²) in [6, 6.07) is 7.04. The molecule has 0 atom stereocenters. The first-order valence-corrected chi connectivity index (χ1v) is 5.96. The molecule has 0 unspecified atom stereocenters. The predicted octanol–water partition coefficient (Wildman–Crippen LogP) is 1.20. The van der Waals surface area contributed by atoms with Gasteiger partial charge in [0.05, 0.1) is 12.9 Å². The lowest BCUT2D eigenvalue weighted by Gasteiger charge is -2.04. The molecule has 14 heavy (non-hydrogen) atoms. The van der Waals surface area contributed by atoms with Gasteiger partial charge in [-0.2, -0.15) is 0 Å². The standard InChI is InChI=1S/C9H13NO3S/c1-13-7-8-3-5-9(6-4-8)10-14(2,11)12/h3-6,10H,7H2,1-2H3. The van der Waals surface area contributed by atoms with Crippen LogP contribution in [-0.2, 0) is 21.4 Å².